The molecule has 1 rings (SSSR count). The highest BCUT2D eigenvalue weighted by molar-refractivity contribution is 5.33. The van der Waals surface area contributed by atoms with Crippen LogP contribution in [0.3, 0.4) is 0 Å². The molecule has 0 aliphatic rings. The highest BCUT2D eigenvalue weighted by Gasteiger charge is 1.90. The van der Waals surface area contributed by atoms with Crippen LogP contribution >= 0.6 is 0 Å². The minimum absolute atomic E-state index is 0.562. The summed E-state index contributed by atoms with van der Waals surface area (Å²) in [5, 5.41) is 3.02. The van der Waals surface area contributed by atoms with Crippen molar-refractivity contribution in [2.24, 2.45) is 0 Å². The zero-order valence-corrected chi connectivity index (χ0v) is 6.33. The molecule has 0 spiro atoms. The SMILES string of the molecule is C#Cc1cnc(NCC)cn1. The Bertz CT molecular complexity index is 258. The fourth-order valence-corrected chi connectivity index (χ4v) is 0.675. The molecule has 11 heavy (non-hydrogen) atoms. The molecule has 0 unspecified atom stereocenters. The topological polar surface area (TPSA) is 37.8 Å². The molecular formula is C8H9N3. The summed E-state index contributed by atoms with van der Waals surface area (Å²) in [4.78, 5) is 7.98. The number of nitrogens with one attached hydrogen (secondary N) is 1. The molecule has 3 heteroatoms. The predicted molar refractivity (Wildman–Crippen MR) is 44.1 cm³/mol. The van der Waals surface area contributed by atoms with E-state index >= 15 is 0 Å². The van der Waals surface area contributed by atoms with E-state index in [2.05, 4.69) is 21.2 Å². The van der Waals surface area contributed by atoms with Crippen molar-refractivity contribution in [1.29, 1.82) is 0 Å². The molecule has 1 aromatic heterocycles. The molecule has 1 heterocycles. The molecule has 56 valence electrons. The summed E-state index contributed by atoms with van der Waals surface area (Å²) in [5.74, 6) is 3.15. The summed E-state index contributed by atoms with van der Waals surface area (Å²) in [6.07, 6.45) is 8.29. The van der Waals surface area contributed by atoms with E-state index < -0.39 is 0 Å². The molecule has 0 aliphatic heterocycles. The summed E-state index contributed by atoms with van der Waals surface area (Å²) >= 11 is 0. The van der Waals surface area contributed by atoms with Gasteiger partial charge in [-0.25, -0.2) is 9.97 Å². The van der Waals surface area contributed by atoms with Crippen LogP contribution in [-0.2, 0) is 0 Å². The third-order valence-electron chi connectivity index (χ3n) is 1.16. The van der Waals surface area contributed by atoms with Crippen molar-refractivity contribution < 1.29 is 0 Å². The van der Waals surface area contributed by atoms with Gasteiger partial charge in [-0.2, -0.15) is 0 Å². The lowest BCUT2D eigenvalue weighted by Crippen LogP contribution is -1.99. The largest absolute Gasteiger partial charge is 0.369 e. The lowest BCUT2D eigenvalue weighted by atomic mass is 10.5. The van der Waals surface area contributed by atoms with Crippen LogP contribution in [0.15, 0.2) is 12.4 Å². The van der Waals surface area contributed by atoms with Gasteiger partial charge in [0.05, 0.1) is 12.4 Å². The van der Waals surface area contributed by atoms with Gasteiger partial charge in [0.15, 0.2) is 0 Å². The van der Waals surface area contributed by atoms with Gasteiger partial charge < -0.3 is 5.32 Å². The van der Waals surface area contributed by atoms with E-state index in [4.69, 9.17) is 6.42 Å². The maximum Gasteiger partial charge on any atom is 0.144 e. The number of terminal acetylenes is 1. The van der Waals surface area contributed by atoms with Crippen LogP contribution in [0.5, 0.6) is 0 Å². The highest BCUT2D eigenvalue weighted by atomic mass is 15.0. The number of hydrogen-bond donors (Lipinski definition) is 1. The van der Waals surface area contributed by atoms with E-state index in [1.807, 2.05) is 6.92 Å². The fourth-order valence-electron chi connectivity index (χ4n) is 0.675. The molecule has 0 radical (unpaired) electrons. The number of hydrogen-bond acceptors (Lipinski definition) is 3. The number of aromatic nitrogens is 2. The van der Waals surface area contributed by atoms with E-state index in [1.54, 1.807) is 12.4 Å². The summed E-state index contributed by atoms with van der Waals surface area (Å²) in [5.41, 5.74) is 0.562. The van der Waals surface area contributed by atoms with Gasteiger partial charge in [-0.1, -0.05) is 0 Å². The first-order chi connectivity index (χ1) is 5.36. The van der Waals surface area contributed by atoms with Crippen LogP contribution in [0.25, 0.3) is 0 Å². The smallest absolute Gasteiger partial charge is 0.144 e. The Hall–Kier alpha value is -1.56. The van der Waals surface area contributed by atoms with Crippen molar-refractivity contribution in [3.63, 3.8) is 0 Å². The summed E-state index contributed by atoms with van der Waals surface area (Å²) in [6.45, 7) is 2.83. The minimum atomic E-state index is 0.562. The monoisotopic (exact) mass is 147 g/mol. The van der Waals surface area contributed by atoms with Crippen molar-refractivity contribution in [1.82, 2.24) is 9.97 Å². The van der Waals surface area contributed by atoms with Gasteiger partial charge in [-0.3, -0.25) is 0 Å². The molecule has 0 amide bonds. The lowest BCUT2D eigenvalue weighted by molar-refractivity contribution is 1.11. The average Bonchev–Trinajstić information content (AvgIpc) is 2.07. The molecular weight excluding hydrogens is 138 g/mol. The standard InChI is InChI=1S/C8H9N3/c1-3-7-5-11-8(6-10-7)9-4-2/h1,5-6H,4H2,2H3,(H,9,11). The quantitative estimate of drug-likeness (QED) is 0.631. The second-order valence-corrected chi connectivity index (χ2v) is 1.96. The Balaban J connectivity index is 2.76. The molecule has 0 aliphatic carbocycles. The molecule has 1 aromatic rings. The average molecular weight is 147 g/mol. The van der Waals surface area contributed by atoms with Crippen molar-refractivity contribution >= 4 is 5.82 Å². The molecule has 0 saturated carbocycles. The normalized spacial score (nSPS) is 8.73. The van der Waals surface area contributed by atoms with Gasteiger partial charge in [0.1, 0.15) is 11.5 Å². The Kier molecular flexibility index (Phi) is 2.45. The fraction of sp³-hybridized carbons (Fsp3) is 0.250. The third-order valence-corrected chi connectivity index (χ3v) is 1.16. The molecule has 3 nitrogen and oxygen atoms in total. The Morgan fingerprint density at radius 2 is 2.36 bits per heavy atom. The van der Waals surface area contributed by atoms with Gasteiger partial charge in [-0.15, -0.1) is 6.42 Å². The molecule has 0 atom stereocenters. The van der Waals surface area contributed by atoms with Crippen molar-refractivity contribution in [2.45, 2.75) is 6.92 Å². The van der Waals surface area contributed by atoms with Gasteiger partial charge in [-0.05, 0) is 12.8 Å². The maximum atomic E-state index is 5.10. The lowest BCUT2D eigenvalue weighted by Gasteiger charge is -1.99. The van der Waals surface area contributed by atoms with E-state index in [9.17, 15) is 0 Å². The van der Waals surface area contributed by atoms with E-state index in [-0.39, 0.29) is 0 Å². The van der Waals surface area contributed by atoms with Crippen molar-refractivity contribution in [3.05, 3.63) is 18.1 Å². The first kappa shape index (κ1) is 7.55. The van der Waals surface area contributed by atoms with Gasteiger partial charge in [0.2, 0.25) is 0 Å². The summed E-state index contributed by atoms with van der Waals surface area (Å²) in [7, 11) is 0. The zero-order chi connectivity index (χ0) is 8.10. The van der Waals surface area contributed by atoms with Gasteiger partial charge in [0.25, 0.3) is 0 Å². The van der Waals surface area contributed by atoms with Crippen LogP contribution in [-0.4, -0.2) is 16.5 Å². The van der Waals surface area contributed by atoms with Crippen LogP contribution < -0.4 is 5.32 Å². The Labute approximate surface area is 65.9 Å². The Morgan fingerprint density at radius 3 is 2.82 bits per heavy atom. The third kappa shape index (κ3) is 1.94. The summed E-state index contributed by atoms with van der Waals surface area (Å²) < 4.78 is 0. The van der Waals surface area contributed by atoms with Crippen molar-refractivity contribution in [3.8, 4) is 12.3 Å². The maximum absolute atomic E-state index is 5.10. The van der Waals surface area contributed by atoms with E-state index in [0.717, 1.165) is 12.4 Å². The van der Waals surface area contributed by atoms with Crippen LogP contribution in [0.4, 0.5) is 5.82 Å². The number of nitrogens with zero attached hydrogens (tertiary/aromatic N) is 2. The van der Waals surface area contributed by atoms with Crippen LogP contribution in [0.2, 0.25) is 0 Å². The van der Waals surface area contributed by atoms with Crippen LogP contribution in [0, 0.1) is 12.3 Å². The highest BCUT2D eigenvalue weighted by Crippen LogP contribution is 1.98. The van der Waals surface area contributed by atoms with Gasteiger partial charge >= 0.3 is 0 Å². The molecule has 1 N–H and O–H groups in total. The molecule has 0 bridgehead atoms. The minimum Gasteiger partial charge on any atom is -0.369 e. The second kappa shape index (κ2) is 3.57. The molecule has 0 fully saturated rings. The zero-order valence-electron chi connectivity index (χ0n) is 6.33. The first-order valence-corrected chi connectivity index (χ1v) is 3.39. The first-order valence-electron chi connectivity index (χ1n) is 3.39. The van der Waals surface area contributed by atoms with Crippen LogP contribution in [0.1, 0.15) is 12.6 Å². The second-order valence-electron chi connectivity index (χ2n) is 1.96. The Morgan fingerprint density at radius 1 is 1.55 bits per heavy atom. The molecule has 0 saturated heterocycles. The van der Waals surface area contributed by atoms with Gasteiger partial charge in [0, 0.05) is 6.54 Å². The predicted octanol–water partition coefficient (Wildman–Crippen LogP) is 0.890. The van der Waals surface area contributed by atoms with E-state index in [1.165, 1.54) is 0 Å². The van der Waals surface area contributed by atoms with E-state index in [0.29, 0.717) is 5.69 Å². The number of rotatable bonds is 2. The number of anilines is 1. The molecule has 0 aromatic carbocycles. The summed E-state index contributed by atoms with van der Waals surface area (Å²) in [6, 6.07) is 0. The van der Waals surface area contributed by atoms with Crippen molar-refractivity contribution in [2.75, 3.05) is 11.9 Å².